The number of hydrogen-bond acceptors (Lipinski definition) is 4. The quantitative estimate of drug-likeness (QED) is 0.809. The summed E-state index contributed by atoms with van der Waals surface area (Å²) in [7, 11) is 0. The van der Waals surface area contributed by atoms with Gasteiger partial charge in [0.15, 0.2) is 13.2 Å². The number of rotatable bonds is 6. The SMILES string of the molecule is Cc1cc(OCC(=O)OCC(=O)NC2CCCCC2)ccc1Cl. The monoisotopic (exact) mass is 339 g/mol. The molecule has 1 fully saturated rings. The van der Waals surface area contributed by atoms with Gasteiger partial charge in [-0.25, -0.2) is 4.79 Å². The predicted octanol–water partition coefficient (Wildman–Crippen LogP) is 3.02. The van der Waals surface area contributed by atoms with Gasteiger partial charge >= 0.3 is 5.97 Å². The fraction of sp³-hybridized carbons (Fsp3) is 0.529. The maximum atomic E-state index is 11.7. The van der Waals surface area contributed by atoms with Crippen molar-refractivity contribution in [2.45, 2.75) is 45.1 Å². The lowest BCUT2D eigenvalue weighted by Gasteiger charge is -2.22. The Kier molecular flexibility index (Phi) is 6.71. The van der Waals surface area contributed by atoms with Gasteiger partial charge in [-0.05, 0) is 43.5 Å². The van der Waals surface area contributed by atoms with Gasteiger partial charge in [-0.3, -0.25) is 4.79 Å². The largest absolute Gasteiger partial charge is 0.482 e. The van der Waals surface area contributed by atoms with Crippen LogP contribution in [0.3, 0.4) is 0 Å². The zero-order valence-corrected chi connectivity index (χ0v) is 14.0. The van der Waals surface area contributed by atoms with Crippen LogP contribution in [0.25, 0.3) is 0 Å². The second-order valence-electron chi connectivity index (χ2n) is 5.76. The van der Waals surface area contributed by atoms with Gasteiger partial charge in [-0.15, -0.1) is 0 Å². The Morgan fingerprint density at radius 1 is 1.22 bits per heavy atom. The molecule has 1 amide bonds. The number of hydrogen-bond donors (Lipinski definition) is 1. The van der Waals surface area contributed by atoms with Crippen LogP contribution in [0.1, 0.15) is 37.7 Å². The van der Waals surface area contributed by atoms with E-state index in [1.807, 2.05) is 6.92 Å². The number of esters is 1. The number of ether oxygens (including phenoxy) is 2. The lowest BCUT2D eigenvalue weighted by molar-refractivity contribution is -0.150. The van der Waals surface area contributed by atoms with Crippen LogP contribution in [-0.2, 0) is 14.3 Å². The summed E-state index contributed by atoms with van der Waals surface area (Å²) in [5.74, 6) is -0.292. The smallest absolute Gasteiger partial charge is 0.344 e. The Morgan fingerprint density at radius 3 is 2.65 bits per heavy atom. The van der Waals surface area contributed by atoms with Crippen LogP contribution < -0.4 is 10.1 Å². The molecule has 0 saturated heterocycles. The molecular formula is C17H22ClNO4. The molecule has 0 spiro atoms. The van der Waals surface area contributed by atoms with E-state index in [2.05, 4.69) is 5.32 Å². The van der Waals surface area contributed by atoms with E-state index in [9.17, 15) is 9.59 Å². The van der Waals surface area contributed by atoms with E-state index in [1.54, 1.807) is 18.2 Å². The van der Waals surface area contributed by atoms with E-state index in [0.29, 0.717) is 10.8 Å². The minimum absolute atomic E-state index is 0.211. The van der Waals surface area contributed by atoms with Crippen molar-refractivity contribution >= 4 is 23.5 Å². The first-order valence-corrected chi connectivity index (χ1v) is 8.26. The summed E-state index contributed by atoms with van der Waals surface area (Å²) in [6, 6.07) is 5.34. The standard InChI is InChI=1S/C17H22ClNO4/c1-12-9-14(7-8-15(12)18)22-11-17(21)23-10-16(20)19-13-5-3-2-4-6-13/h7-9,13H,2-6,10-11H2,1H3,(H,19,20). The van der Waals surface area contributed by atoms with Crippen LogP contribution in [0.15, 0.2) is 18.2 Å². The number of benzene rings is 1. The molecule has 0 bridgehead atoms. The van der Waals surface area contributed by atoms with Crippen molar-refractivity contribution in [2.75, 3.05) is 13.2 Å². The molecule has 0 aromatic heterocycles. The Bertz CT molecular complexity index is 556. The molecule has 0 heterocycles. The average molecular weight is 340 g/mol. The molecule has 0 unspecified atom stereocenters. The molecule has 1 N–H and O–H groups in total. The number of carbonyl (C=O) groups is 2. The Labute approximate surface area is 141 Å². The number of aryl methyl sites for hydroxylation is 1. The van der Waals surface area contributed by atoms with E-state index in [4.69, 9.17) is 21.1 Å². The fourth-order valence-corrected chi connectivity index (χ4v) is 2.67. The molecule has 1 saturated carbocycles. The summed E-state index contributed by atoms with van der Waals surface area (Å²) in [6.07, 6.45) is 5.50. The molecule has 23 heavy (non-hydrogen) atoms. The fourth-order valence-electron chi connectivity index (χ4n) is 2.55. The number of carbonyl (C=O) groups excluding carboxylic acids is 2. The van der Waals surface area contributed by atoms with Crippen molar-refractivity contribution in [3.05, 3.63) is 28.8 Å². The second-order valence-corrected chi connectivity index (χ2v) is 6.17. The van der Waals surface area contributed by atoms with Crippen molar-refractivity contribution in [1.29, 1.82) is 0 Å². The highest BCUT2D eigenvalue weighted by Crippen LogP contribution is 2.21. The Balaban J connectivity index is 1.66. The minimum Gasteiger partial charge on any atom is -0.482 e. The van der Waals surface area contributed by atoms with Crippen molar-refractivity contribution in [3.8, 4) is 5.75 Å². The first-order valence-electron chi connectivity index (χ1n) is 7.88. The van der Waals surface area contributed by atoms with Gasteiger partial charge in [0.05, 0.1) is 0 Å². The highest BCUT2D eigenvalue weighted by molar-refractivity contribution is 6.31. The maximum absolute atomic E-state index is 11.7. The normalized spacial score (nSPS) is 15.0. The molecule has 1 aromatic carbocycles. The summed E-state index contributed by atoms with van der Waals surface area (Å²) < 4.78 is 10.2. The van der Waals surface area contributed by atoms with Crippen LogP contribution in [-0.4, -0.2) is 31.1 Å². The first kappa shape index (κ1) is 17.6. The van der Waals surface area contributed by atoms with Crippen LogP contribution in [0.5, 0.6) is 5.75 Å². The maximum Gasteiger partial charge on any atom is 0.344 e. The second kappa shape index (κ2) is 8.77. The molecule has 0 aliphatic heterocycles. The summed E-state index contributed by atoms with van der Waals surface area (Å²) in [6.45, 7) is 1.35. The van der Waals surface area contributed by atoms with E-state index < -0.39 is 5.97 Å². The molecule has 1 aromatic rings. The molecule has 1 aliphatic carbocycles. The zero-order valence-electron chi connectivity index (χ0n) is 13.3. The van der Waals surface area contributed by atoms with E-state index >= 15 is 0 Å². The van der Waals surface area contributed by atoms with Crippen LogP contribution in [0.2, 0.25) is 5.02 Å². The van der Waals surface area contributed by atoms with E-state index in [1.165, 1.54) is 6.42 Å². The Morgan fingerprint density at radius 2 is 1.96 bits per heavy atom. The molecule has 2 rings (SSSR count). The molecule has 5 nitrogen and oxygen atoms in total. The van der Waals surface area contributed by atoms with E-state index in [0.717, 1.165) is 31.2 Å². The lowest BCUT2D eigenvalue weighted by atomic mass is 9.95. The van der Waals surface area contributed by atoms with Gasteiger partial charge in [0, 0.05) is 11.1 Å². The van der Waals surface area contributed by atoms with Crippen molar-refractivity contribution in [2.24, 2.45) is 0 Å². The third kappa shape index (κ3) is 6.10. The molecule has 0 atom stereocenters. The highest BCUT2D eigenvalue weighted by atomic mass is 35.5. The van der Waals surface area contributed by atoms with Crippen molar-refractivity contribution in [1.82, 2.24) is 5.32 Å². The zero-order chi connectivity index (χ0) is 16.7. The van der Waals surface area contributed by atoms with Gasteiger partial charge in [0.2, 0.25) is 0 Å². The van der Waals surface area contributed by atoms with Gasteiger partial charge < -0.3 is 14.8 Å². The summed E-state index contributed by atoms with van der Waals surface area (Å²) >= 11 is 5.92. The molecule has 6 heteroatoms. The lowest BCUT2D eigenvalue weighted by Crippen LogP contribution is -2.39. The van der Waals surface area contributed by atoms with Crippen molar-refractivity contribution in [3.63, 3.8) is 0 Å². The minimum atomic E-state index is -0.573. The van der Waals surface area contributed by atoms with Gasteiger partial charge in [-0.2, -0.15) is 0 Å². The predicted molar refractivity (Wildman–Crippen MR) is 87.7 cm³/mol. The Hall–Kier alpha value is -1.75. The average Bonchev–Trinajstić information content (AvgIpc) is 2.55. The molecular weight excluding hydrogens is 318 g/mol. The topological polar surface area (TPSA) is 64.6 Å². The van der Waals surface area contributed by atoms with Crippen LogP contribution in [0.4, 0.5) is 0 Å². The summed E-state index contributed by atoms with van der Waals surface area (Å²) in [5.41, 5.74) is 0.865. The summed E-state index contributed by atoms with van der Waals surface area (Å²) in [4.78, 5) is 23.3. The number of halogens is 1. The number of nitrogens with one attached hydrogen (secondary N) is 1. The van der Waals surface area contributed by atoms with Gasteiger partial charge in [0.25, 0.3) is 5.91 Å². The van der Waals surface area contributed by atoms with Gasteiger partial charge in [0.1, 0.15) is 5.75 Å². The first-order chi connectivity index (χ1) is 11.0. The van der Waals surface area contributed by atoms with E-state index in [-0.39, 0.29) is 25.2 Å². The molecule has 126 valence electrons. The van der Waals surface area contributed by atoms with Gasteiger partial charge in [-0.1, -0.05) is 30.9 Å². The third-order valence-corrected chi connectivity index (χ3v) is 4.24. The van der Waals surface area contributed by atoms with Crippen LogP contribution in [0, 0.1) is 6.92 Å². The van der Waals surface area contributed by atoms with Crippen LogP contribution >= 0.6 is 11.6 Å². The third-order valence-electron chi connectivity index (χ3n) is 3.82. The molecule has 0 radical (unpaired) electrons. The molecule has 1 aliphatic rings. The highest BCUT2D eigenvalue weighted by Gasteiger charge is 2.16. The van der Waals surface area contributed by atoms with Crippen molar-refractivity contribution < 1.29 is 19.1 Å². The summed E-state index contributed by atoms with van der Waals surface area (Å²) in [5, 5.41) is 3.53. The number of amides is 1.